The minimum absolute atomic E-state index is 0.00364. The first kappa shape index (κ1) is 22.5. The van der Waals surface area contributed by atoms with Gasteiger partial charge in [-0.25, -0.2) is 9.78 Å². The molecule has 34 heavy (non-hydrogen) atoms. The van der Waals surface area contributed by atoms with Crippen LogP contribution in [0.3, 0.4) is 0 Å². The van der Waals surface area contributed by atoms with Crippen LogP contribution in [-0.2, 0) is 24.1 Å². The van der Waals surface area contributed by atoms with E-state index in [0.29, 0.717) is 17.9 Å². The quantitative estimate of drug-likeness (QED) is 0.338. The SMILES string of the molecule is Cc1cccc(-c2nc3sc4c(c3c(=O)n2Cc2cccc(C(=O)OC(C)C)c2)CCCC4)c1. The molecule has 5 nitrogen and oxygen atoms in total. The van der Waals surface area contributed by atoms with Gasteiger partial charge in [-0.1, -0.05) is 35.9 Å². The number of aromatic nitrogens is 2. The monoisotopic (exact) mass is 472 g/mol. The van der Waals surface area contributed by atoms with Gasteiger partial charge in [-0.3, -0.25) is 9.36 Å². The molecule has 0 spiro atoms. The third-order valence-electron chi connectivity index (χ3n) is 6.20. The fourth-order valence-corrected chi connectivity index (χ4v) is 5.90. The molecule has 5 rings (SSSR count). The number of ether oxygens (including phenoxy) is 1. The molecule has 6 heteroatoms. The first-order chi connectivity index (χ1) is 16.4. The summed E-state index contributed by atoms with van der Waals surface area (Å²) in [6.07, 6.45) is 4.04. The largest absolute Gasteiger partial charge is 0.459 e. The highest BCUT2D eigenvalue weighted by Crippen LogP contribution is 2.35. The minimum Gasteiger partial charge on any atom is -0.459 e. The fraction of sp³-hybridized carbons (Fsp3) is 0.321. The number of aryl methyl sites for hydroxylation is 3. The number of nitrogens with zero attached hydrogens (tertiary/aromatic N) is 2. The van der Waals surface area contributed by atoms with Crippen LogP contribution in [0.25, 0.3) is 21.6 Å². The highest BCUT2D eigenvalue weighted by Gasteiger charge is 2.23. The third-order valence-corrected chi connectivity index (χ3v) is 7.38. The maximum absolute atomic E-state index is 13.9. The predicted octanol–water partition coefficient (Wildman–Crippen LogP) is 5.93. The van der Waals surface area contributed by atoms with Crippen molar-refractivity contribution in [3.8, 4) is 11.4 Å². The van der Waals surface area contributed by atoms with Crippen molar-refractivity contribution in [2.75, 3.05) is 0 Å². The van der Waals surface area contributed by atoms with Crippen LogP contribution in [0.1, 0.15) is 58.6 Å². The van der Waals surface area contributed by atoms with E-state index in [9.17, 15) is 9.59 Å². The number of rotatable bonds is 5. The van der Waals surface area contributed by atoms with Crippen LogP contribution in [0.4, 0.5) is 0 Å². The number of hydrogen-bond acceptors (Lipinski definition) is 5. The summed E-state index contributed by atoms with van der Waals surface area (Å²) in [5.74, 6) is 0.304. The zero-order valence-electron chi connectivity index (χ0n) is 19.8. The lowest BCUT2D eigenvalue weighted by Gasteiger charge is -2.15. The number of fused-ring (bicyclic) bond motifs is 3. The molecule has 2 aromatic carbocycles. The van der Waals surface area contributed by atoms with Crippen molar-refractivity contribution in [2.45, 2.75) is 59.1 Å². The number of carbonyl (C=O) groups is 1. The molecule has 0 radical (unpaired) electrons. The Balaban J connectivity index is 1.66. The molecule has 2 aromatic heterocycles. The molecule has 0 saturated carbocycles. The molecule has 0 bridgehead atoms. The maximum atomic E-state index is 13.9. The molecule has 4 aromatic rings. The Hall–Kier alpha value is -3.25. The van der Waals surface area contributed by atoms with E-state index in [1.165, 1.54) is 10.4 Å². The van der Waals surface area contributed by atoms with Crippen molar-refractivity contribution in [3.05, 3.63) is 86.0 Å². The minimum atomic E-state index is -0.358. The fourth-order valence-electron chi connectivity index (χ4n) is 4.65. The topological polar surface area (TPSA) is 61.2 Å². The molecule has 0 amide bonds. The highest BCUT2D eigenvalue weighted by atomic mass is 32.1. The summed E-state index contributed by atoms with van der Waals surface area (Å²) in [7, 11) is 0. The van der Waals surface area contributed by atoms with Crippen LogP contribution in [-0.4, -0.2) is 21.6 Å². The Labute approximate surface area is 203 Å². The van der Waals surface area contributed by atoms with Gasteiger partial charge in [0.1, 0.15) is 10.7 Å². The second kappa shape index (κ2) is 9.18. The molecular weight excluding hydrogens is 444 g/mol. The van der Waals surface area contributed by atoms with Crippen LogP contribution in [0.2, 0.25) is 0 Å². The summed E-state index contributed by atoms with van der Waals surface area (Å²) in [6, 6.07) is 15.4. The van der Waals surface area contributed by atoms with Gasteiger partial charge in [0.15, 0.2) is 0 Å². The second-order valence-electron chi connectivity index (χ2n) is 9.24. The first-order valence-corrected chi connectivity index (χ1v) is 12.6. The lowest BCUT2D eigenvalue weighted by molar-refractivity contribution is 0.0377. The number of benzene rings is 2. The Morgan fingerprint density at radius 2 is 1.91 bits per heavy atom. The summed E-state index contributed by atoms with van der Waals surface area (Å²) in [5.41, 5.74) is 4.56. The summed E-state index contributed by atoms with van der Waals surface area (Å²) in [5, 5.41) is 0.770. The first-order valence-electron chi connectivity index (χ1n) is 11.8. The van der Waals surface area contributed by atoms with Gasteiger partial charge >= 0.3 is 5.97 Å². The van der Waals surface area contributed by atoms with Crippen molar-refractivity contribution < 1.29 is 9.53 Å². The van der Waals surface area contributed by atoms with Crippen LogP contribution in [0, 0.1) is 6.92 Å². The van der Waals surface area contributed by atoms with Gasteiger partial charge in [0.2, 0.25) is 0 Å². The summed E-state index contributed by atoms with van der Waals surface area (Å²) >= 11 is 1.67. The van der Waals surface area contributed by atoms with E-state index < -0.39 is 0 Å². The number of esters is 1. The van der Waals surface area contributed by atoms with Crippen LogP contribution < -0.4 is 5.56 Å². The maximum Gasteiger partial charge on any atom is 0.338 e. The van der Waals surface area contributed by atoms with Crippen molar-refractivity contribution in [1.82, 2.24) is 9.55 Å². The Morgan fingerprint density at radius 3 is 2.71 bits per heavy atom. The third kappa shape index (κ3) is 4.30. The number of hydrogen-bond donors (Lipinski definition) is 0. The van der Waals surface area contributed by atoms with Crippen LogP contribution in [0.5, 0.6) is 0 Å². The van der Waals surface area contributed by atoms with E-state index in [-0.39, 0.29) is 17.6 Å². The predicted molar refractivity (Wildman–Crippen MR) is 137 cm³/mol. The van der Waals surface area contributed by atoms with Crippen LogP contribution in [0.15, 0.2) is 53.3 Å². The molecule has 1 aliphatic carbocycles. The number of thiophene rings is 1. The van der Waals surface area contributed by atoms with Crippen LogP contribution >= 0.6 is 11.3 Å². The summed E-state index contributed by atoms with van der Waals surface area (Å²) < 4.78 is 7.13. The normalized spacial score (nSPS) is 13.3. The highest BCUT2D eigenvalue weighted by molar-refractivity contribution is 7.18. The summed E-state index contributed by atoms with van der Waals surface area (Å²) in [4.78, 5) is 33.6. The summed E-state index contributed by atoms with van der Waals surface area (Å²) in [6.45, 7) is 6.03. The van der Waals surface area contributed by atoms with Gasteiger partial charge < -0.3 is 4.74 Å². The van der Waals surface area contributed by atoms with E-state index in [1.807, 2.05) is 57.2 Å². The van der Waals surface area contributed by atoms with E-state index in [4.69, 9.17) is 9.72 Å². The standard InChI is InChI=1S/C28H28N2O3S/c1-17(2)33-28(32)21-11-7-9-19(15-21)16-30-25(20-10-6-8-18(3)14-20)29-26-24(27(30)31)22-12-4-5-13-23(22)34-26/h6-11,14-15,17H,4-5,12-13,16H2,1-3H3. The zero-order chi connectivity index (χ0) is 23.8. The number of carbonyl (C=O) groups excluding carboxylic acids is 1. The zero-order valence-corrected chi connectivity index (χ0v) is 20.6. The molecule has 174 valence electrons. The van der Waals surface area contributed by atoms with Gasteiger partial charge in [0.05, 0.1) is 23.6 Å². The van der Waals surface area contributed by atoms with Crippen molar-refractivity contribution >= 4 is 27.5 Å². The molecule has 0 atom stereocenters. The van der Waals surface area contributed by atoms with Gasteiger partial charge in [-0.05, 0) is 75.8 Å². The molecule has 0 saturated heterocycles. The van der Waals surface area contributed by atoms with Gasteiger partial charge in [-0.2, -0.15) is 0 Å². The molecule has 0 unspecified atom stereocenters. The molecule has 0 aliphatic heterocycles. The van der Waals surface area contributed by atoms with E-state index >= 15 is 0 Å². The average molecular weight is 473 g/mol. The molecule has 1 aliphatic rings. The van der Waals surface area contributed by atoms with Gasteiger partial charge in [0.25, 0.3) is 5.56 Å². The van der Waals surface area contributed by atoms with Crippen molar-refractivity contribution in [3.63, 3.8) is 0 Å². The molecular formula is C28H28N2O3S. The lowest BCUT2D eigenvalue weighted by atomic mass is 9.97. The second-order valence-corrected chi connectivity index (χ2v) is 10.3. The van der Waals surface area contributed by atoms with Gasteiger partial charge in [0, 0.05) is 10.4 Å². The van der Waals surface area contributed by atoms with E-state index in [2.05, 4.69) is 6.07 Å². The Morgan fingerprint density at radius 1 is 1.12 bits per heavy atom. The molecule has 0 N–H and O–H groups in total. The molecule has 0 fully saturated rings. The average Bonchev–Trinajstić information content (AvgIpc) is 3.19. The van der Waals surface area contributed by atoms with E-state index in [1.54, 1.807) is 22.0 Å². The Kier molecular flexibility index (Phi) is 6.09. The van der Waals surface area contributed by atoms with Gasteiger partial charge in [-0.15, -0.1) is 11.3 Å². The Bertz CT molecular complexity index is 1450. The van der Waals surface area contributed by atoms with E-state index in [0.717, 1.165) is 52.6 Å². The lowest BCUT2D eigenvalue weighted by Crippen LogP contribution is -2.24. The molecule has 2 heterocycles. The smallest absolute Gasteiger partial charge is 0.338 e. The van der Waals surface area contributed by atoms with Crippen molar-refractivity contribution in [1.29, 1.82) is 0 Å². The van der Waals surface area contributed by atoms with Crippen molar-refractivity contribution in [2.24, 2.45) is 0 Å².